The van der Waals surface area contributed by atoms with E-state index >= 15 is 0 Å². The van der Waals surface area contributed by atoms with Crippen LogP contribution in [-0.4, -0.2) is 48.9 Å². The summed E-state index contributed by atoms with van der Waals surface area (Å²) in [7, 11) is 2.21. The van der Waals surface area contributed by atoms with Gasteiger partial charge in [-0.1, -0.05) is 13.8 Å². The Bertz CT molecular complexity index is 270. The Morgan fingerprint density at radius 1 is 1.00 bits per heavy atom. The van der Waals surface area contributed by atoms with Gasteiger partial charge >= 0.3 is 0 Å². The minimum absolute atomic E-state index is 0.154. The van der Waals surface area contributed by atoms with Crippen LogP contribution in [0.2, 0.25) is 0 Å². The van der Waals surface area contributed by atoms with Gasteiger partial charge in [-0.2, -0.15) is 0 Å². The molecule has 0 atom stereocenters. The molecule has 0 saturated carbocycles. The predicted molar refractivity (Wildman–Crippen MR) is 69.8 cm³/mol. The number of piperidine rings is 2. The molecule has 2 aliphatic rings. The smallest absolute Gasteiger partial charge is 0.225 e. The highest BCUT2D eigenvalue weighted by atomic mass is 16.2. The van der Waals surface area contributed by atoms with Gasteiger partial charge in [0.25, 0.3) is 0 Å². The van der Waals surface area contributed by atoms with Gasteiger partial charge in [-0.05, 0) is 51.2 Å². The maximum Gasteiger partial charge on any atom is 0.225 e. The number of nitrogens with zero attached hydrogens (tertiary/aromatic N) is 2. The lowest BCUT2D eigenvalue weighted by molar-refractivity contribution is -0.137. The van der Waals surface area contributed by atoms with E-state index in [2.05, 4.69) is 16.8 Å². The number of likely N-dealkylation sites (tertiary alicyclic amines) is 2. The van der Waals surface area contributed by atoms with Crippen molar-refractivity contribution in [2.45, 2.75) is 39.5 Å². The Morgan fingerprint density at radius 2 is 1.47 bits per heavy atom. The summed E-state index contributed by atoms with van der Waals surface area (Å²) in [4.78, 5) is 16.4. The lowest BCUT2D eigenvalue weighted by Crippen LogP contribution is -2.48. The molecule has 2 fully saturated rings. The average molecular weight is 238 g/mol. The van der Waals surface area contributed by atoms with Crippen LogP contribution in [0.15, 0.2) is 0 Å². The van der Waals surface area contributed by atoms with Gasteiger partial charge < -0.3 is 9.80 Å². The summed E-state index contributed by atoms with van der Waals surface area (Å²) in [6, 6.07) is 0. The zero-order valence-corrected chi connectivity index (χ0v) is 11.5. The molecular formula is C14H26N2O. The number of amides is 1. The van der Waals surface area contributed by atoms with Gasteiger partial charge in [-0.25, -0.2) is 0 Å². The Labute approximate surface area is 105 Å². The van der Waals surface area contributed by atoms with Crippen LogP contribution in [0.3, 0.4) is 0 Å². The van der Waals surface area contributed by atoms with Gasteiger partial charge in [-0.15, -0.1) is 0 Å². The SMILES string of the molecule is CC(C)C(=O)N1CCC2(CCN(C)CC2)CC1. The summed E-state index contributed by atoms with van der Waals surface area (Å²) < 4.78 is 0. The molecule has 3 nitrogen and oxygen atoms in total. The second-order valence-electron chi connectivity index (χ2n) is 6.28. The van der Waals surface area contributed by atoms with E-state index in [0.717, 1.165) is 13.1 Å². The zero-order valence-electron chi connectivity index (χ0n) is 11.5. The van der Waals surface area contributed by atoms with Gasteiger partial charge in [0.15, 0.2) is 0 Å². The molecule has 3 heteroatoms. The molecule has 0 bridgehead atoms. The van der Waals surface area contributed by atoms with Crippen molar-refractivity contribution in [1.29, 1.82) is 0 Å². The number of rotatable bonds is 1. The maximum absolute atomic E-state index is 11.9. The Morgan fingerprint density at radius 3 is 1.94 bits per heavy atom. The fraction of sp³-hybridized carbons (Fsp3) is 0.929. The van der Waals surface area contributed by atoms with E-state index in [1.807, 2.05) is 13.8 Å². The standard InChI is InChI=1S/C14H26N2O/c1-12(2)13(17)16-10-6-14(7-11-16)4-8-15(3)9-5-14/h12H,4-11H2,1-3H3. The van der Waals surface area contributed by atoms with Crippen molar-refractivity contribution >= 4 is 5.91 Å². The highest BCUT2D eigenvalue weighted by Crippen LogP contribution is 2.41. The molecule has 1 amide bonds. The monoisotopic (exact) mass is 238 g/mol. The first kappa shape index (κ1) is 12.9. The molecule has 0 unspecified atom stereocenters. The lowest BCUT2D eigenvalue weighted by atomic mass is 9.71. The van der Waals surface area contributed by atoms with Crippen molar-refractivity contribution in [2.75, 3.05) is 33.2 Å². The van der Waals surface area contributed by atoms with Crippen LogP contribution in [0.1, 0.15) is 39.5 Å². The molecule has 2 heterocycles. The number of hydrogen-bond donors (Lipinski definition) is 0. The van der Waals surface area contributed by atoms with E-state index in [0.29, 0.717) is 11.3 Å². The summed E-state index contributed by atoms with van der Waals surface area (Å²) in [5.74, 6) is 0.495. The highest BCUT2D eigenvalue weighted by molar-refractivity contribution is 5.78. The summed E-state index contributed by atoms with van der Waals surface area (Å²) >= 11 is 0. The van der Waals surface area contributed by atoms with Crippen LogP contribution in [-0.2, 0) is 4.79 Å². The third-order valence-corrected chi connectivity index (χ3v) is 4.68. The third kappa shape index (κ3) is 2.82. The normalized spacial score (nSPS) is 25.5. The third-order valence-electron chi connectivity index (χ3n) is 4.68. The first-order chi connectivity index (χ1) is 8.02. The largest absolute Gasteiger partial charge is 0.342 e. The lowest BCUT2D eigenvalue weighted by Gasteiger charge is -2.46. The van der Waals surface area contributed by atoms with E-state index in [4.69, 9.17) is 0 Å². The first-order valence-corrected chi connectivity index (χ1v) is 7.00. The number of hydrogen-bond acceptors (Lipinski definition) is 2. The summed E-state index contributed by atoms with van der Waals surface area (Å²) in [6.45, 7) is 8.45. The van der Waals surface area contributed by atoms with Gasteiger partial charge in [-0.3, -0.25) is 4.79 Å². The van der Waals surface area contributed by atoms with Crippen LogP contribution < -0.4 is 0 Å². The fourth-order valence-electron chi connectivity index (χ4n) is 3.16. The molecule has 98 valence electrons. The highest BCUT2D eigenvalue weighted by Gasteiger charge is 2.37. The summed E-state index contributed by atoms with van der Waals surface area (Å²) in [5.41, 5.74) is 0.556. The van der Waals surface area contributed by atoms with Crippen LogP contribution in [0.25, 0.3) is 0 Å². The van der Waals surface area contributed by atoms with E-state index in [9.17, 15) is 4.79 Å². The minimum atomic E-state index is 0.154. The molecule has 0 aliphatic carbocycles. The molecule has 0 radical (unpaired) electrons. The average Bonchev–Trinajstić information content (AvgIpc) is 2.33. The molecule has 0 aromatic heterocycles. The predicted octanol–water partition coefficient (Wildman–Crippen LogP) is 1.98. The Hall–Kier alpha value is -0.570. The quantitative estimate of drug-likeness (QED) is 0.697. The van der Waals surface area contributed by atoms with Crippen molar-refractivity contribution in [2.24, 2.45) is 11.3 Å². The van der Waals surface area contributed by atoms with Gasteiger partial charge in [0, 0.05) is 19.0 Å². The van der Waals surface area contributed by atoms with Crippen molar-refractivity contribution < 1.29 is 4.79 Å². The van der Waals surface area contributed by atoms with Crippen molar-refractivity contribution in [3.8, 4) is 0 Å². The topological polar surface area (TPSA) is 23.6 Å². The summed E-state index contributed by atoms with van der Waals surface area (Å²) in [5, 5.41) is 0. The molecule has 0 aromatic rings. The van der Waals surface area contributed by atoms with Crippen LogP contribution >= 0.6 is 0 Å². The second-order valence-corrected chi connectivity index (χ2v) is 6.28. The van der Waals surface area contributed by atoms with Gasteiger partial charge in [0.05, 0.1) is 0 Å². The van der Waals surface area contributed by atoms with Crippen molar-refractivity contribution in [3.05, 3.63) is 0 Å². The van der Waals surface area contributed by atoms with Crippen LogP contribution in [0.5, 0.6) is 0 Å². The van der Waals surface area contributed by atoms with Gasteiger partial charge in [0.2, 0.25) is 5.91 Å². The number of carbonyl (C=O) groups excluding carboxylic acids is 1. The van der Waals surface area contributed by atoms with E-state index in [-0.39, 0.29) is 5.92 Å². The van der Waals surface area contributed by atoms with Crippen LogP contribution in [0.4, 0.5) is 0 Å². The van der Waals surface area contributed by atoms with Crippen molar-refractivity contribution in [3.63, 3.8) is 0 Å². The molecular weight excluding hydrogens is 212 g/mol. The molecule has 2 rings (SSSR count). The zero-order chi connectivity index (χ0) is 12.5. The Balaban J connectivity index is 1.87. The van der Waals surface area contributed by atoms with E-state index < -0.39 is 0 Å². The summed E-state index contributed by atoms with van der Waals surface area (Å²) in [6.07, 6.45) is 5.10. The molecule has 0 aromatic carbocycles. The molecule has 17 heavy (non-hydrogen) atoms. The molecule has 1 spiro atoms. The second kappa shape index (κ2) is 4.97. The molecule has 2 saturated heterocycles. The van der Waals surface area contributed by atoms with E-state index in [1.165, 1.54) is 38.8 Å². The number of carbonyl (C=O) groups is 1. The Kier molecular flexibility index (Phi) is 3.76. The fourth-order valence-corrected chi connectivity index (χ4v) is 3.16. The maximum atomic E-state index is 11.9. The molecule has 2 aliphatic heterocycles. The van der Waals surface area contributed by atoms with Gasteiger partial charge in [0.1, 0.15) is 0 Å². The minimum Gasteiger partial charge on any atom is -0.342 e. The first-order valence-electron chi connectivity index (χ1n) is 7.00. The molecule has 0 N–H and O–H groups in total. The van der Waals surface area contributed by atoms with Crippen LogP contribution in [0, 0.1) is 11.3 Å². The van der Waals surface area contributed by atoms with E-state index in [1.54, 1.807) is 0 Å². The van der Waals surface area contributed by atoms with Crippen molar-refractivity contribution in [1.82, 2.24) is 9.80 Å².